The maximum absolute atomic E-state index is 13.3. The second-order valence-electron chi connectivity index (χ2n) is 11.3. The molecule has 0 amide bonds. The van der Waals surface area contributed by atoms with Crippen LogP contribution in [0.5, 0.6) is 11.5 Å². The van der Waals surface area contributed by atoms with Crippen LogP contribution in [0.3, 0.4) is 0 Å². The number of fused-ring (bicyclic) bond motifs is 1. The van der Waals surface area contributed by atoms with Crippen molar-refractivity contribution >= 4 is 27.7 Å². The summed E-state index contributed by atoms with van der Waals surface area (Å²) in [6.45, 7) is 4.75. The van der Waals surface area contributed by atoms with Crippen LogP contribution in [0.4, 0.5) is 0 Å². The second-order valence-corrected chi connectivity index (χ2v) is 13.0. The number of ether oxygens (including phenoxy) is 3. The molecule has 1 aliphatic heterocycles. The number of hydrogen-bond donors (Lipinski definition) is 0. The molecule has 1 aromatic carbocycles. The van der Waals surface area contributed by atoms with E-state index >= 15 is 0 Å². The van der Waals surface area contributed by atoms with E-state index in [9.17, 15) is 9.59 Å². The lowest BCUT2D eigenvalue weighted by molar-refractivity contribution is -0.168. The van der Waals surface area contributed by atoms with E-state index in [0.717, 1.165) is 55.0 Å². The van der Waals surface area contributed by atoms with E-state index in [1.54, 1.807) is 0 Å². The molecule has 4 fully saturated rings. The fraction of sp³-hybridized carbons (Fsp3) is 0.571. The molecule has 1 aromatic heterocycles. The van der Waals surface area contributed by atoms with Gasteiger partial charge in [-0.15, -0.1) is 0 Å². The van der Waals surface area contributed by atoms with Crippen LogP contribution in [-0.2, 0) is 16.1 Å². The van der Waals surface area contributed by atoms with E-state index in [0.29, 0.717) is 30.6 Å². The molecule has 6 nitrogen and oxygen atoms in total. The van der Waals surface area contributed by atoms with Crippen LogP contribution < -0.4 is 9.47 Å². The van der Waals surface area contributed by atoms with Crippen LogP contribution in [-0.4, -0.2) is 40.0 Å². The van der Waals surface area contributed by atoms with Gasteiger partial charge in [0.2, 0.25) is 5.78 Å². The van der Waals surface area contributed by atoms with Gasteiger partial charge < -0.3 is 18.8 Å². The van der Waals surface area contributed by atoms with Gasteiger partial charge in [-0.1, -0.05) is 28.1 Å². The summed E-state index contributed by atoms with van der Waals surface area (Å²) in [5.74, 6) is 2.36. The zero-order valence-electron chi connectivity index (χ0n) is 20.3. The number of esters is 1. The highest BCUT2D eigenvalue weighted by atomic mass is 79.9. The van der Waals surface area contributed by atoms with Crippen LogP contribution in [0, 0.1) is 31.1 Å². The van der Waals surface area contributed by atoms with Crippen LogP contribution >= 0.6 is 15.9 Å². The van der Waals surface area contributed by atoms with Gasteiger partial charge in [0.25, 0.3) is 0 Å². The minimum Gasteiger partial charge on any atom is -0.486 e. The summed E-state index contributed by atoms with van der Waals surface area (Å²) in [7, 11) is 0. The summed E-state index contributed by atoms with van der Waals surface area (Å²) >= 11 is 3.95. The molecule has 7 rings (SSSR count). The van der Waals surface area contributed by atoms with Gasteiger partial charge in [-0.05, 0) is 82.4 Å². The van der Waals surface area contributed by atoms with Gasteiger partial charge in [0.05, 0.1) is 12.0 Å². The summed E-state index contributed by atoms with van der Waals surface area (Å²) in [5.41, 5.74) is 2.02. The predicted molar refractivity (Wildman–Crippen MR) is 134 cm³/mol. The van der Waals surface area contributed by atoms with Crippen molar-refractivity contribution in [1.82, 2.24) is 4.57 Å². The molecule has 35 heavy (non-hydrogen) atoms. The van der Waals surface area contributed by atoms with Crippen LogP contribution in [0.25, 0.3) is 0 Å². The molecule has 3 unspecified atom stereocenters. The zero-order chi connectivity index (χ0) is 24.4. The first kappa shape index (κ1) is 23.1. The molecule has 0 saturated heterocycles. The minimum absolute atomic E-state index is 0.0798. The van der Waals surface area contributed by atoms with Crippen molar-refractivity contribution in [3.8, 4) is 11.5 Å². The fourth-order valence-electron chi connectivity index (χ4n) is 7.47. The van der Waals surface area contributed by atoms with Gasteiger partial charge >= 0.3 is 5.97 Å². The first-order chi connectivity index (χ1) is 16.7. The Bertz CT molecular complexity index is 1170. The number of aromatic nitrogens is 1. The summed E-state index contributed by atoms with van der Waals surface area (Å²) in [4.78, 5) is 26.4. The Hall–Kier alpha value is -2.28. The van der Waals surface area contributed by atoms with Gasteiger partial charge in [0.15, 0.2) is 24.2 Å². The summed E-state index contributed by atoms with van der Waals surface area (Å²) in [6, 6.07) is 9.55. The number of ketones is 1. The summed E-state index contributed by atoms with van der Waals surface area (Å²) < 4.78 is 19.9. The number of carbonyl (C=O) groups is 2. The van der Waals surface area contributed by atoms with Crippen LogP contribution in [0.15, 0.2) is 30.3 Å². The molecule has 4 saturated carbocycles. The van der Waals surface area contributed by atoms with Crippen molar-refractivity contribution in [3.05, 3.63) is 47.3 Å². The molecule has 186 valence electrons. The topological polar surface area (TPSA) is 66.8 Å². The van der Waals surface area contributed by atoms with Crippen LogP contribution in [0.2, 0.25) is 0 Å². The predicted octanol–water partition coefficient (Wildman–Crippen LogP) is 5.40. The number of alkyl halides is 1. The zero-order valence-corrected chi connectivity index (χ0v) is 21.9. The van der Waals surface area contributed by atoms with Gasteiger partial charge in [0.1, 0.15) is 6.61 Å². The Morgan fingerprint density at radius 3 is 2.54 bits per heavy atom. The van der Waals surface area contributed by atoms with E-state index in [-0.39, 0.29) is 28.8 Å². The van der Waals surface area contributed by atoms with Crippen molar-refractivity contribution in [2.24, 2.45) is 17.3 Å². The smallest absolute Gasteiger partial charge is 0.312 e. The summed E-state index contributed by atoms with van der Waals surface area (Å²) in [5, 5.41) is 0. The monoisotopic (exact) mass is 541 g/mol. The summed E-state index contributed by atoms with van der Waals surface area (Å²) in [6.07, 6.45) is 6.05. The van der Waals surface area contributed by atoms with Gasteiger partial charge in [-0.3, -0.25) is 9.59 Å². The third-order valence-corrected chi connectivity index (χ3v) is 9.51. The number of Topliss-reactive ketones (excluding diaryl/α,β-unsaturated/α-hetero) is 1. The van der Waals surface area contributed by atoms with Gasteiger partial charge in [-0.2, -0.15) is 0 Å². The SMILES string of the molecule is Cc1cc(C(=O)COC(=O)C23CC4CC(CC(Br)(C4)C2)C3)c(C)n1CC1COc2ccccc2O1. The highest BCUT2D eigenvalue weighted by Crippen LogP contribution is 2.64. The standard InChI is InChI=1S/C28H32BrNO5/c1-17-7-22(18(2)30(17)13-21-14-33-24-5-3-4-6-25(24)35-21)23(31)15-34-26(32)27-9-19-8-20(10-27)12-28(29,11-19)16-27/h3-7,19-21H,8-16H2,1-2H3. The van der Waals surface area contributed by atoms with E-state index < -0.39 is 5.41 Å². The number of rotatable bonds is 6. The molecule has 4 aliphatic carbocycles. The number of carbonyl (C=O) groups excluding carboxylic acids is 2. The van der Waals surface area contributed by atoms with Crippen molar-refractivity contribution in [3.63, 3.8) is 0 Å². The largest absolute Gasteiger partial charge is 0.486 e. The molecule has 2 heterocycles. The molecular weight excluding hydrogens is 510 g/mol. The first-order valence-electron chi connectivity index (χ1n) is 12.7. The maximum atomic E-state index is 13.3. The van der Waals surface area contributed by atoms with Crippen molar-refractivity contribution in [2.45, 2.75) is 69.3 Å². The molecule has 4 bridgehead atoms. The van der Waals surface area contributed by atoms with E-state index in [1.807, 2.05) is 44.2 Å². The Labute approximate surface area is 214 Å². The Balaban J connectivity index is 1.11. The third-order valence-electron chi connectivity index (χ3n) is 8.58. The molecule has 5 aliphatic rings. The lowest BCUT2D eigenvalue weighted by Crippen LogP contribution is -2.56. The van der Waals surface area contributed by atoms with E-state index in [1.165, 1.54) is 6.42 Å². The molecular formula is C28H32BrNO5. The first-order valence-corrected chi connectivity index (χ1v) is 13.5. The number of benzene rings is 1. The molecule has 0 radical (unpaired) electrons. The van der Waals surface area contributed by atoms with Crippen molar-refractivity contribution < 1.29 is 23.8 Å². The average molecular weight is 542 g/mol. The van der Waals surface area contributed by atoms with Crippen LogP contribution in [0.1, 0.15) is 60.3 Å². The highest BCUT2D eigenvalue weighted by molar-refractivity contribution is 9.10. The van der Waals surface area contributed by atoms with Crippen molar-refractivity contribution in [2.75, 3.05) is 13.2 Å². The lowest BCUT2D eigenvalue weighted by atomic mass is 9.49. The van der Waals surface area contributed by atoms with Crippen molar-refractivity contribution in [1.29, 1.82) is 0 Å². The molecule has 2 aromatic rings. The maximum Gasteiger partial charge on any atom is 0.312 e. The Morgan fingerprint density at radius 1 is 1.11 bits per heavy atom. The number of aryl methyl sites for hydroxylation is 1. The molecule has 7 heteroatoms. The molecule has 3 atom stereocenters. The average Bonchev–Trinajstić information content (AvgIpc) is 3.09. The number of nitrogens with zero attached hydrogens (tertiary/aromatic N) is 1. The Kier molecular flexibility index (Phi) is 5.55. The van der Waals surface area contributed by atoms with E-state index in [4.69, 9.17) is 14.2 Å². The normalized spacial score (nSPS) is 32.5. The quantitative estimate of drug-likeness (QED) is 0.278. The highest BCUT2D eigenvalue weighted by Gasteiger charge is 2.60. The molecule has 0 N–H and O–H groups in total. The molecule has 0 spiro atoms. The number of para-hydroxylation sites is 2. The third kappa shape index (κ3) is 4.09. The van der Waals surface area contributed by atoms with Gasteiger partial charge in [-0.25, -0.2) is 0 Å². The number of halogens is 1. The number of hydrogen-bond acceptors (Lipinski definition) is 5. The van der Waals surface area contributed by atoms with E-state index in [2.05, 4.69) is 20.5 Å². The lowest BCUT2D eigenvalue weighted by Gasteiger charge is -2.58. The Morgan fingerprint density at radius 2 is 1.83 bits per heavy atom. The van der Waals surface area contributed by atoms with Gasteiger partial charge in [0, 0.05) is 21.3 Å². The minimum atomic E-state index is -0.417. The fourth-order valence-corrected chi connectivity index (χ4v) is 8.92. The second kappa shape index (κ2) is 8.39.